The lowest BCUT2D eigenvalue weighted by atomic mass is 10.0. The topological polar surface area (TPSA) is 61.8 Å². The molecule has 1 aliphatic rings. The van der Waals surface area contributed by atoms with Gasteiger partial charge in [-0.25, -0.2) is 0 Å². The number of hydrazone groups is 1. The van der Waals surface area contributed by atoms with Crippen LogP contribution in [-0.2, 0) is 9.59 Å². The number of nitrogens with zero attached hydrogens (tertiary/aromatic N) is 2. The van der Waals surface area contributed by atoms with Crippen molar-refractivity contribution in [1.82, 2.24) is 5.32 Å². The van der Waals surface area contributed by atoms with E-state index in [0.717, 1.165) is 36.1 Å². The van der Waals surface area contributed by atoms with Crippen molar-refractivity contribution < 1.29 is 9.59 Å². The number of amidine groups is 1. The summed E-state index contributed by atoms with van der Waals surface area (Å²) in [5.41, 5.74) is 2.56. The monoisotopic (exact) mass is 661 g/mol. The standard InChI is InChI=1S/C38H64ClN3O2S/c1-5-7-9-11-13-15-17-18-19-21-23-25-27-34(43)40-37-36(45-28-26-24-22-20-16-14-12-10-8-6-2)38(44)42(41-37)35-32(4)29-31(3)30-33(35)39/h29-30,36H,5-28H2,1-4H3,(H,40,41,43). The van der Waals surface area contributed by atoms with Crippen LogP contribution in [0.1, 0.15) is 173 Å². The molecule has 0 aromatic heterocycles. The second kappa shape index (κ2) is 24.6. The van der Waals surface area contributed by atoms with E-state index >= 15 is 0 Å². The summed E-state index contributed by atoms with van der Waals surface area (Å²) >= 11 is 8.21. The molecule has 0 spiro atoms. The molecular formula is C38H64ClN3O2S. The molecule has 0 radical (unpaired) electrons. The van der Waals surface area contributed by atoms with E-state index in [9.17, 15) is 9.59 Å². The Hall–Kier alpha value is -1.53. The van der Waals surface area contributed by atoms with Gasteiger partial charge in [-0.1, -0.05) is 160 Å². The summed E-state index contributed by atoms with van der Waals surface area (Å²) in [7, 11) is 0. The Morgan fingerprint density at radius 1 is 0.756 bits per heavy atom. The number of aryl methyl sites for hydroxylation is 2. The lowest BCUT2D eigenvalue weighted by molar-refractivity contribution is -0.119. The Labute approximate surface area is 285 Å². The van der Waals surface area contributed by atoms with Gasteiger partial charge < -0.3 is 5.32 Å². The fourth-order valence-corrected chi connectivity index (χ4v) is 7.65. The first-order valence-electron chi connectivity index (χ1n) is 18.5. The summed E-state index contributed by atoms with van der Waals surface area (Å²) in [4.78, 5) is 26.6. The molecule has 1 unspecified atom stereocenters. The van der Waals surface area contributed by atoms with Gasteiger partial charge in [-0.3, -0.25) is 9.59 Å². The van der Waals surface area contributed by atoms with E-state index < -0.39 is 5.25 Å². The molecule has 1 aromatic carbocycles. The molecule has 0 fully saturated rings. The Kier molecular flexibility index (Phi) is 21.7. The van der Waals surface area contributed by atoms with E-state index in [-0.39, 0.29) is 11.8 Å². The summed E-state index contributed by atoms with van der Waals surface area (Å²) < 4.78 is 0. The van der Waals surface area contributed by atoms with Crippen molar-refractivity contribution in [2.45, 2.75) is 181 Å². The number of anilines is 1. The molecule has 1 heterocycles. The molecule has 1 atom stereocenters. The number of rotatable bonds is 26. The van der Waals surface area contributed by atoms with Crippen LogP contribution in [0, 0.1) is 13.8 Å². The highest BCUT2D eigenvalue weighted by Crippen LogP contribution is 2.35. The first-order chi connectivity index (χ1) is 21.9. The number of amides is 2. The van der Waals surface area contributed by atoms with Gasteiger partial charge in [0, 0.05) is 6.42 Å². The van der Waals surface area contributed by atoms with Gasteiger partial charge in [-0.2, -0.15) is 5.01 Å². The fraction of sp³-hybridized carbons (Fsp3) is 0.763. The number of benzene rings is 1. The third-order valence-corrected chi connectivity index (χ3v) is 10.4. The van der Waals surface area contributed by atoms with Crippen molar-refractivity contribution in [3.63, 3.8) is 0 Å². The number of unbranched alkanes of at least 4 members (excludes halogenated alkanes) is 20. The van der Waals surface area contributed by atoms with Crippen molar-refractivity contribution >= 4 is 46.7 Å². The van der Waals surface area contributed by atoms with Crippen LogP contribution < -0.4 is 10.3 Å². The third-order valence-electron chi connectivity index (χ3n) is 8.81. The van der Waals surface area contributed by atoms with Crippen molar-refractivity contribution in [2.24, 2.45) is 5.10 Å². The maximum atomic E-state index is 13.7. The predicted octanol–water partition coefficient (Wildman–Crippen LogP) is 11.8. The van der Waals surface area contributed by atoms with Gasteiger partial charge in [-0.05, 0) is 49.6 Å². The van der Waals surface area contributed by atoms with Crippen LogP contribution in [0.2, 0.25) is 5.02 Å². The van der Waals surface area contributed by atoms with Gasteiger partial charge in [0.15, 0.2) is 5.84 Å². The Bertz CT molecular complexity index is 992. The predicted molar refractivity (Wildman–Crippen MR) is 198 cm³/mol. The molecule has 0 saturated heterocycles. The quantitative estimate of drug-likeness (QED) is 0.100. The van der Waals surface area contributed by atoms with Crippen LogP contribution in [0.3, 0.4) is 0 Å². The number of hydrogen-bond acceptors (Lipinski definition) is 4. The highest BCUT2D eigenvalue weighted by molar-refractivity contribution is 8.01. The Morgan fingerprint density at radius 3 is 1.71 bits per heavy atom. The van der Waals surface area contributed by atoms with Crippen LogP contribution >= 0.6 is 23.4 Å². The molecule has 2 rings (SSSR count). The number of halogens is 1. The minimum Gasteiger partial charge on any atom is -0.311 e. The molecule has 1 N–H and O–H groups in total. The van der Waals surface area contributed by atoms with E-state index in [1.165, 1.54) is 127 Å². The molecule has 1 aliphatic heterocycles. The lowest BCUT2D eigenvalue weighted by Crippen LogP contribution is -2.39. The van der Waals surface area contributed by atoms with Gasteiger partial charge in [-0.15, -0.1) is 16.9 Å². The summed E-state index contributed by atoms with van der Waals surface area (Å²) in [6, 6.07) is 3.88. The minimum absolute atomic E-state index is 0.0493. The average Bonchev–Trinajstić information content (AvgIpc) is 3.29. The van der Waals surface area contributed by atoms with Crippen LogP contribution in [0.5, 0.6) is 0 Å². The van der Waals surface area contributed by atoms with E-state index in [1.807, 2.05) is 26.0 Å². The molecule has 45 heavy (non-hydrogen) atoms. The van der Waals surface area contributed by atoms with Gasteiger partial charge in [0.05, 0.1) is 10.7 Å². The van der Waals surface area contributed by atoms with Gasteiger partial charge in [0.25, 0.3) is 5.91 Å². The van der Waals surface area contributed by atoms with E-state index in [1.54, 1.807) is 11.8 Å². The largest absolute Gasteiger partial charge is 0.311 e. The van der Waals surface area contributed by atoms with Crippen molar-refractivity contribution in [1.29, 1.82) is 0 Å². The lowest BCUT2D eigenvalue weighted by Gasteiger charge is -2.18. The molecule has 5 nitrogen and oxygen atoms in total. The zero-order valence-corrected chi connectivity index (χ0v) is 30.8. The highest BCUT2D eigenvalue weighted by Gasteiger charge is 2.39. The number of carbonyl (C=O) groups excluding carboxylic acids is 2. The second-order valence-electron chi connectivity index (χ2n) is 13.2. The van der Waals surface area contributed by atoms with Gasteiger partial charge in [0.1, 0.15) is 5.25 Å². The van der Waals surface area contributed by atoms with Crippen molar-refractivity contribution in [3.8, 4) is 0 Å². The molecule has 256 valence electrons. The van der Waals surface area contributed by atoms with Crippen LogP contribution in [0.25, 0.3) is 0 Å². The minimum atomic E-state index is -0.508. The highest BCUT2D eigenvalue weighted by atomic mass is 35.5. The fourth-order valence-electron chi connectivity index (χ4n) is 6.14. The Morgan fingerprint density at radius 2 is 1.22 bits per heavy atom. The van der Waals surface area contributed by atoms with E-state index in [0.29, 0.717) is 23.0 Å². The molecule has 2 amide bonds. The van der Waals surface area contributed by atoms with Crippen LogP contribution in [0.4, 0.5) is 5.69 Å². The summed E-state index contributed by atoms with van der Waals surface area (Å²) in [6.07, 6.45) is 28.5. The number of hydrogen-bond donors (Lipinski definition) is 1. The maximum absolute atomic E-state index is 13.7. The van der Waals surface area contributed by atoms with Crippen LogP contribution in [-0.4, -0.2) is 28.7 Å². The second-order valence-corrected chi connectivity index (χ2v) is 14.8. The normalized spacial score (nSPS) is 14.8. The molecule has 0 saturated carbocycles. The summed E-state index contributed by atoms with van der Waals surface area (Å²) in [6.45, 7) is 8.47. The van der Waals surface area contributed by atoms with Crippen molar-refractivity contribution in [3.05, 3.63) is 28.3 Å². The number of thioether (sulfide) groups is 1. The van der Waals surface area contributed by atoms with Gasteiger partial charge in [0.2, 0.25) is 5.91 Å². The Balaban J connectivity index is 1.79. The SMILES string of the molecule is CCCCCCCCCCCCCCC(=O)NC1=NN(c2c(C)cc(C)cc2Cl)C(=O)C1SCCCCCCCCCCCC. The zero-order valence-electron chi connectivity index (χ0n) is 29.2. The molecule has 0 aliphatic carbocycles. The van der Waals surface area contributed by atoms with E-state index in [4.69, 9.17) is 11.6 Å². The van der Waals surface area contributed by atoms with Crippen molar-refractivity contribution in [2.75, 3.05) is 10.8 Å². The molecule has 1 aromatic rings. The molecule has 7 heteroatoms. The summed E-state index contributed by atoms with van der Waals surface area (Å²) in [5.74, 6) is 1.15. The first-order valence-corrected chi connectivity index (χ1v) is 19.9. The number of nitrogens with one attached hydrogen (secondary N) is 1. The van der Waals surface area contributed by atoms with E-state index in [2.05, 4.69) is 24.3 Å². The third kappa shape index (κ3) is 16.2. The van der Waals surface area contributed by atoms with Crippen LogP contribution in [0.15, 0.2) is 17.2 Å². The smallest absolute Gasteiger partial charge is 0.268 e. The summed E-state index contributed by atoms with van der Waals surface area (Å²) in [5, 5.41) is 9.10. The average molecular weight is 662 g/mol. The van der Waals surface area contributed by atoms with Gasteiger partial charge >= 0.3 is 0 Å². The maximum Gasteiger partial charge on any atom is 0.268 e. The molecular weight excluding hydrogens is 598 g/mol. The first kappa shape index (κ1) is 39.6. The zero-order chi connectivity index (χ0) is 32.7. The molecule has 0 bridgehead atoms. The number of carbonyl (C=O) groups is 2.